The first-order valence-electron chi connectivity index (χ1n) is 6.99. The Bertz CT molecular complexity index is 911. The zero-order valence-electron chi connectivity index (χ0n) is 12.3. The van der Waals surface area contributed by atoms with Crippen molar-refractivity contribution in [1.82, 2.24) is 0 Å². The van der Waals surface area contributed by atoms with Gasteiger partial charge in [0.1, 0.15) is 5.75 Å². The molecule has 0 atom stereocenters. The van der Waals surface area contributed by atoms with E-state index in [1.165, 1.54) is 0 Å². The van der Waals surface area contributed by atoms with Crippen LogP contribution in [0.4, 0.5) is 5.69 Å². The Morgan fingerprint density at radius 3 is 2.50 bits per heavy atom. The first kappa shape index (κ1) is 15.8. The van der Waals surface area contributed by atoms with E-state index in [9.17, 15) is 4.79 Å². The van der Waals surface area contributed by atoms with Crippen LogP contribution in [0, 0.1) is 11.3 Å². The lowest BCUT2D eigenvalue weighted by Gasteiger charge is -2.11. The van der Waals surface area contributed by atoms with Gasteiger partial charge in [-0.3, -0.25) is 4.79 Å². The van der Waals surface area contributed by atoms with Crippen LogP contribution in [-0.4, -0.2) is 5.91 Å². The Balaban J connectivity index is 1.79. The molecule has 2 aromatic carbocycles. The van der Waals surface area contributed by atoms with Gasteiger partial charge in [0.15, 0.2) is 16.2 Å². The molecule has 3 rings (SSSR count). The van der Waals surface area contributed by atoms with Crippen molar-refractivity contribution in [2.45, 2.75) is 0 Å². The van der Waals surface area contributed by atoms with E-state index in [4.69, 9.17) is 14.4 Å². The van der Waals surface area contributed by atoms with Gasteiger partial charge in [0, 0.05) is 0 Å². The molecule has 6 heteroatoms. The normalized spacial score (nSPS) is 10.0. The number of nitriles is 1. The van der Waals surface area contributed by atoms with Crippen LogP contribution in [0.3, 0.4) is 0 Å². The Kier molecular flexibility index (Phi) is 4.64. The van der Waals surface area contributed by atoms with Gasteiger partial charge in [-0.25, -0.2) is 0 Å². The SMILES string of the molecule is N#Cc1ccc(Oc2ccccc2NC(=O)c2ccc(Br)o2)cc1. The van der Waals surface area contributed by atoms with Crippen LogP contribution in [0.25, 0.3) is 0 Å². The predicted molar refractivity (Wildman–Crippen MR) is 92.0 cm³/mol. The second kappa shape index (κ2) is 7.02. The molecule has 24 heavy (non-hydrogen) atoms. The van der Waals surface area contributed by atoms with Crippen LogP contribution in [0.1, 0.15) is 16.1 Å². The minimum atomic E-state index is -0.378. The van der Waals surface area contributed by atoms with Crippen molar-refractivity contribution in [2.24, 2.45) is 0 Å². The van der Waals surface area contributed by atoms with Gasteiger partial charge < -0.3 is 14.5 Å². The second-order valence-corrected chi connectivity index (χ2v) is 5.57. The smallest absolute Gasteiger partial charge is 0.291 e. The molecule has 0 fully saturated rings. The van der Waals surface area contributed by atoms with Crippen molar-refractivity contribution >= 4 is 27.5 Å². The molecule has 1 amide bonds. The van der Waals surface area contributed by atoms with E-state index in [-0.39, 0.29) is 11.7 Å². The van der Waals surface area contributed by atoms with E-state index >= 15 is 0 Å². The number of furan rings is 1. The molecule has 0 spiro atoms. The number of carbonyl (C=O) groups excluding carboxylic acids is 1. The van der Waals surface area contributed by atoms with Crippen molar-refractivity contribution in [1.29, 1.82) is 5.26 Å². The quantitative estimate of drug-likeness (QED) is 0.691. The van der Waals surface area contributed by atoms with Gasteiger partial charge in [-0.15, -0.1) is 0 Å². The third-order valence-corrected chi connectivity index (χ3v) is 3.57. The maximum atomic E-state index is 12.2. The molecule has 5 nitrogen and oxygen atoms in total. The number of amides is 1. The fourth-order valence-electron chi connectivity index (χ4n) is 2.00. The number of carbonyl (C=O) groups is 1. The zero-order valence-corrected chi connectivity index (χ0v) is 13.9. The highest BCUT2D eigenvalue weighted by Gasteiger charge is 2.13. The second-order valence-electron chi connectivity index (χ2n) is 4.79. The van der Waals surface area contributed by atoms with Gasteiger partial charge in [0.2, 0.25) is 0 Å². The lowest BCUT2D eigenvalue weighted by molar-refractivity contribution is 0.0995. The Morgan fingerprint density at radius 2 is 1.83 bits per heavy atom. The highest BCUT2D eigenvalue weighted by Crippen LogP contribution is 2.30. The molecule has 0 aliphatic heterocycles. The third-order valence-electron chi connectivity index (χ3n) is 3.14. The van der Waals surface area contributed by atoms with Crippen LogP contribution >= 0.6 is 15.9 Å². The summed E-state index contributed by atoms with van der Waals surface area (Å²) >= 11 is 3.16. The molecule has 0 saturated heterocycles. The van der Waals surface area contributed by atoms with Gasteiger partial charge in [0.25, 0.3) is 5.91 Å². The van der Waals surface area contributed by atoms with E-state index in [2.05, 4.69) is 21.2 Å². The average molecular weight is 383 g/mol. The van der Waals surface area contributed by atoms with Gasteiger partial charge in [0.05, 0.1) is 17.3 Å². The molecule has 118 valence electrons. The predicted octanol–water partition coefficient (Wildman–Crippen LogP) is 4.96. The number of anilines is 1. The molecule has 0 saturated carbocycles. The van der Waals surface area contributed by atoms with Crippen molar-refractivity contribution in [3.63, 3.8) is 0 Å². The van der Waals surface area contributed by atoms with Gasteiger partial charge in [-0.2, -0.15) is 5.26 Å². The Hall–Kier alpha value is -3.04. The number of rotatable bonds is 4. The van der Waals surface area contributed by atoms with Crippen molar-refractivity contribution in [3.8, 4) is 17.6 Å². The van der Waals surface area contributed by atoms with E-state index < -0.39 is 0 Å². The summed E-state index contributed by atoms with van der Waals surface area (Å²) in [5.74, 6) is 0.865. The van der Waals surface area contributed by atoms with E-state index in [1.807, 2.05) is 6.07 Å². The molecular formula is C18H11BrN2O3. The summed E-state index contributed by atoms with van der Waals surface area (Å²) in [6.45, 7) is 0. The van der Waals surface area contributed by atoms with Crippen LogP contribution in [0.2, 0.25) is 0 Å². The Labute approximate surface area is 146 Å². The fraction of sp³-hybridized carbons (Fsp3) is 0. The summed E-state index contributed by atoms with van der Waals surface area (Å²) in [6, 6.07) is 19.1. The van der Waals surface area contributed by atoms with Gasteiger partial charge >= 0.3 is 0 Å². The molecule has 0 aliphatic rings. The molecule has 3 aromatic rings. The summed E-state index contributed by atoms with van der Waals surface area (Å²) in [5, 5.41) is 11.6. The number of nitrogens with one attached hydrogen (secondary N) is 1. The number of ether oxygens (including phenoxy) is 1. The van der Waals surface area contributed by atoms with Crippen LogP contribution in [0.5, 0.6) is 11.5 Å². The number of nitrogens with zero attached hydrogens (tertiary/aromatic N) is 1. The minimum absolute atomic E-state index is 0.190. The first-order valence-corrected chi connectivity index (χ1v) is 7.79. The number of benzene rings is 2. The number of hydrogen-bond acceptors (Lipinski definition) is 4. The summed E-state index contributed by atoms with van der Waals surface area (Å²) in [7, 11) is 0. The van der Waals surface area contributed by atoms with Gasteiger partial charge in [-0.05, 0) is 64.5 Å². The third kappa shape index (κ3) is 3.65. The zero-order chi connectivity index (χ0) is 16.9. The van der Waals surface area contributed by atoms with E-state index in [1.54, 1.807) is 60.7 Å². The molecular weight excluding hydrogens is 372 g/mol. The number of para-hydroxylation sites is 2. The first-order chi connectivity index (χ1) is 11.7. The molecule has 1 N–H and O–H groups in total. The van der Waals surface area contributed by atoms with Crippen molar-refractivity contribution in [2.75, 3.05) is 5.32 Å². The van der Waals surface area contributed by atoms with Crippen molar-refractivity contribution < 1.29 is 13.9 Å². The van der Waals surface area contributed by atoms with E-state index in [0.717, 1.165) is 0 Å². The lowest BCUT2D eigenvalue weighted by atomic mass is 10.2. The van der Waals surface area contributed by atoms with Crippen molar-refractivity contribution in [3.05, 3.63) is 76.7 Å². The summed E-state index contributed by atoms with van der Waals surface area (Å²) in [4.78, 5) is 12.2. The number of hydrogen-bond donors (Lipinski definition) is 1. The lowest BCUT2D eigenvalue weighted by Crippen LogP contribution is -2.11. The van der Waals surface area contributed by atoms with Crippen LogP contribution in [0.15, 0.2) is 69.8 Å². The Morgan fingerprint density at radius 1 is 1.08 bits per heavy atom. The van der Waals surface area contributed by atoms with Gasteiger partial charge in [-0.1, -0.05) is 12.1 Å². The fourth-order valence-corrected chi connectivity index (χ4v) is 2.31. The topological polar surface area (TPSA) is 75.3 Å². The summed E-state index contributed by atoms with van der Waals surface area (Å²) in [5.41, 5.74) is 1.06. The molecule has 1 heterocycles. The monoisotopic (exact) mass is 382 g/mol. The molecule has 0 bridgehead atoms. The van der Waals surface area contributed by atoms with E-state index in [0.29, 0.717) is 27.4 Å². The average Bonchev–Trinajstić information content (AvgIpc) is 3.04. The standard InChI is InChI=1S/C18H11BrN2O3/c19-17-10-9-16(24-17)18(22)21-14-3-1-2-4-15(14)23-13-7-5-12(11-20)6-8-13/h1-10H,(H,21,22). The highest BCUT2D eigenvalue weighted by molar-refractivity contribution is 9.10. The molecule has 0 radical (unpaired) electrons. The highest BCUT2D eigenvalue weighted by atomic mass is 79.9. The molecule has 0 unspecified atom stereocenters. The molecule has 0 aliphatic carbocycles. The van der Waals surface area contributed by atoms with Crippen LogP contribution in [-0.2, 0) is 0 Å². The maximum absolute atomic E-state index is 12.2. The number of halogens is 1. The van der Waals surface area contributed by atoms with Crippen LogP contribution < -0.4 is 10.1 Å². The molecule has 1 aromatic heterocycles. The summed E-state index contributed by atoms with van der Waals surface area (Å²) in [6.07, 6.45) is 0. The minimum Gasteiger partial charge on any atom is -0.455 e. The summed E-state index contributed by atoms with van der Waals surface area (Å²) < 4.78 is 11.5. The largest absolute Gasteiger partial charge is 0.455 e. The maximum Gasteiger partial charge on any atom is 0.291 e.